The lowest BCUT2D eigenvalue weighted by Gasteiger charge is -2.33. The highest BCUT2D eigenvalue weighted by Crippen LogP contribution is 2.40. The molecule has 1 aliphatic rings. The Labute approximate surface area is 168 Å². The standard InChI is InChI=1S/C20H24N4O3S/c1-5-15(25)19-18(13-9-11-14(12-10-13)27-8-4)24(17(26)7-3)23-16(6-2)21-22-20(23)28-19/h9-12H,5-8H2,1-4H3. The maximum Gasteiger partial charge on any atom is 0.246 e. The van der Waals surface area contributed by atoms with Crippen LogP contribution in [0.25, 0.3) is 5.70 Å². The Bertz CT molecular complexity index is 918. The predicted molar refractivity (Wildman–Crippen MR) is 109 cm³/mol. The summed E-state index contributed by atoms with van der Waals surface area (Å²) in [5.74, 6) is 1.26. The van der Waals surface area contributed by atoms with Crippen molar-refractivity contribution in [2.75, 3.05) is 11.6 Å². The van der Waals surface area contributed by atoms with Crippen molar-refractivity contribution in [3.05, 3.63) is 40.6 Å². The molecule has 1 aliphatic heterocycles. The number of nitrogens with zero attached hydrogens (tertiary/aromatic N) is 4. The fraction of sp³-hybridized carbons (Fsp3) is 0.400. The first-order chi connectivity index (χ1) is 13.5. The van der Waals surface area contributed by atoms with E-state index >= 15 is 0 Å². The molecule has 0 aliphatic carbocycles. The number of Topliss-reactive ketones (excluding diaryl/α,β-unsaturated/α-hetero) is 1. The maximum absolute atomic E-state index is 13.0. The van der Waals surface area contributed by atoms with Gasteiger partial charge in [0.2, 0.25) is 11.1 Å². The van der Waals surface area contributed by atoms with Crippen molar-refractivity contribution >= 4 is 29.1 Å². The fourth-order valence-electron chi connectivity index (χ4n) is 2.98. The van der Waals surface area contributed by atoms with Gasteiger partial charge in [0.25, 0.3) is 0 Å². The number of carbonyl (C=O) groups excluding carboxylic acids is 2. The van der Waals surface area contributed by atoms with Gasteiger partial charge in [-0.1, -0.05) is 20.8 Å². The van der Waals surface area contributed by atoms with Gasteiger partial charge in [-0.25, -0.2) is 9.69 Å². The number of thioether (sulfide) groups is 1. The van der Waals surface area contributed by atoms with Crippen LogP contribution in [-0.2, 0) is 16.0 Å². The zero-order valence-corrected chi connectivity index (χ0v) is 17.4. The number of hydrogen-bond acceptors (Lipinski definition) is 6. The van der Waals surface area contributed by atoms with Crippen LogP contribution in [0.4, 0.5) is 0 Å². The van der Waals surface area contributed by atoms with Crippen LogP contribution in [0.3, 0.4) is 0 Å². The van der Waals surface area contributed by atoms with Crippen LogP contribution in [0.1, 0.15) is 51.9 Å². The third-order valence-corrected chi connectivity index (χ3v) is 5.43. The van der Waals surface area contributed by atoms with Gasteiger partial charge in [-0.15, -0.1) is 10.2 Å². The molecule has 1 aromatic carbocycles. The molecule has 28 heavy (non-hydrogen) atoms. The minimum atomic E-state index is -0.124. The van der Waals surface area contributed by atoms with Gasteiger partial charge in [-0.05, 0) is 43.0 Å². The molecule has 0 saturated carbocycles. The number of rotatable bonds is 7. The highest BCUT2D eigenvalue weighted by Gasteiger charge is 2.35. The Hall–Kier alpha value is -2.61. The van der Waals surface area contributed by atoms with E-state index < -0.39 is 0 Å². The first-order valence-corrected chi connectivity index (χ1v) is 10.3. The molecule has 1 aromatic heterocycles. The average Bonchev–Trinajstić information content (AvgIpc) is 3.15. The van der Waals surface area contributed by atoms with E-state index in [1.807, 2.05) is 45.0 Å². The summed E-state index contributed by atoms with van der Waals surface area (Å²) in [6.07, 6.45) is 1.25. The summed E-state index contributed by atoms with van der Waals surface area (Å²) in [6.45, 7) is 8.07. The minimum absolute atomic E-state index is 0.0323. The number of fused-ring (bicyclic) bond motifs is 1. The number of carbonyl (C=O) groups is 2. The smallest absolute Gasteiger partial charge is 0.246 e. The van der Waals surface area contributed by atoms with Crippen molar-refractivity contribution in [1.82, 2.24) is 14.9 Å². The third-order valence-electron chi connectivity index (χ3n) is 4.36. The quantitative estimate of drug-likeness (QED) is 0.707. The molecular weight excluding hydrogens is 376 g/mol. The zero-order valence-electron chi connectivity index (χ0n) is 16.6. The molecule has 0 radical (unpaired) electrons. The van der Waals surface area contributed by atoms with Crippen LogP contribution in [0.5, 0.6) is 5.75 Å². The lowest BCUT2D eigenvalue weighted by Crippen LogP contribution is -2.42. The Morgan fingerprint density at radius 2 is 1.75 bits per heavy atom. The number of allylic oxidation sites excluding steroid dienone is 1. The number of ether oxygens (including phenoxy) is 1. The summed E-state index contributed by atoms with van der Waals surface area (Å²) in [5, 5.41) is 10.5. The van der Waals surface area contributed by atoms with Gasteiger partial charge in [-0.2, -0.15) is 0 Å². The zero-order chi connectivity index (χ0) is 20.3. The molecule has 8 heteroatoms. The molecular formula is C20H24N4O3S. The van der Waals surface area contributed by atoms with Gasteiger partial charge in [0.05, 0.1) is 17.2 Å². The first kappa shape index (κ1) is 20.1. The van der Waals surface area contributed by atoms with Gasteiger partial charge in [0, 0.05) is 24.8 Å². The summed E-state index contributed by atoms with van der Waals surface area (Å²) < 4.78 is 7.26. The maximum atomic E-state index is 13.0. The van der Waals surface area contributed by atoms with Crippen LogP contribution < -0.4 is 9.75 Å². The summed E-state index contributed by atoms with van der Waals surface area (Å²) >= 11 is 1.27. The molecule has 0 bridgehead atoms. The Kier molecular flexibility index (Phi) is 6.18. The summed E-state index contributed by atoms with van der Waals surface area (Å²) in [6, 6.07) is 7.45. The van der Waals surface area contributed by atoms with Gasteiger partial charge in [0.1, 0.15) is 5.75 Å². The summed E-state index contributed by atoms with van der Waals surface area (Å²) in [4.78, 5) is 26.2. The molecule has 3 rings (SSSR count). The van der Waals surface area contributed by atoms with Gasteiger partial charge < -0.3 is 4.74 Å². The molecule has 1 amide bonds. The van der Waals surface area contributed by atoms with E-state index in [1.165, 1.54) is 11.8 Å². The van der Waals surface area contributed by atoms with Gasteiger partial charge in [0.15, 0.2) is 11.6 Å². The van der Waals surface area contributed by atoms with Crippen LogP contribution in [0, 0.1) is 0 Å². The Morgan fingerprint density at radius 3 is 2.32 bits per heavy atom. The van der Waals surface area contributed by atoms with Gasteiger partial charge >= 0.3 is 0 Å². The number of ketones is 1. The van der Waals surface area contributed by atoms with E-state index in [0.29, 0.717) is 47.5 Å². The lowest BCUT2D eigenvalue weighted by atomic mass is 10.1. The van der Waals surface area contributed by atoms with Crippen LogP contribution in [-0.4, -0.2) is 33.2 Å². The molecule has 7 nitrogen and oxygen atoms in total. The molecule has 2 aromatic rings. The molecule has 0 N–H and O–H groups in total. The highest BCUT2D eigenvalue weighted by molar-refractivity contribution is 8.04. The van der Waals surface area contributed by atoms with Crippen molar-refractivity contribution in [3.8, 4) is 5.75 Å². The summed E-state index contributed by atoms with van der Waals surface area (Å²) in [7, 11) is 0. The van der Waals surface area contributed by atoms with Crippen molar-refractivity contribution in [1.29, 1.82) is 0 Å². The fourth-order valence-corrected chi connectivity index (χ4v) is 4.08. The van der Waals surface area contributed by atoms with E-state index in [2.05, 4.69) is 10.2 Å². The van der Waals surface area contributed by atoms with Crippen molar-refractivity contribution in [2.24, 2.45) is 0 Å². The second kappa shape index (κ2) is 8.60. The van der Waals surface area contributed by atoms with E-state index in [9.17, 15) is 9.59 Å². The monoisotopic (exact) mass is 400 g/mol. The SMILES string of the molecule is CCOc1ccc(C2=C(C(=O)CC)Sc3nnc(CC)n3N2C(=O)CC)cc1. The van der Waals surface area contributed by atoms with E-state index in [0.717, 1.165) is 11.3 Å². The van der Waals surface area contributed by atoms with Crippen molar-refractivity contribution in [2.45, 2.75) is 52.1 Å². The number of hydrogen-bond donors (Lipinski definition) is 0. The normalized spacial score (nSPS) is 13.5. The third kappa shape index (κ3) is 3.56. The number of aryl methyl sites for hydroxylation is 1. The second-order valence-corrected chi connectivity index (χ2v) is 7.11. The summed E-state index contributed by atoms with van der Waals surface area (Å²) in [5.41, 5.74) is 1.35. The van der Waals surface area contributed by atoms with Crippen molar-refractivity contribution < 1.29 is 14.3 Å². The average molecular weight is 401 g/mol. The predicted octanol–water partition coefficient (Wildman–Crippen LogP) is 3.57. The van der Waals surface area contributed by atoms with Crippen LogP contribution in [0.2, 0.25) is 0 Å². The Morgan fingerprint density at radius 1 is 1.04 bits per heavy atom. The number of aromatic nitrogens is 3. The highest BCUT2D eigenvalue weighted by atomic mass is 32.2. The van der Waals surface area contributed by atoms with E-state index in [-0.39, 0.29) is 11.7 Å². The molecule has 0 atom stereocenters. The molecule has 0 spiro atoms. The lowest BCUT2D eigenvalue weighted by molar-refractivity contribution is -0.119. The Balaban J connectivity index is 2.22. The van der Waals surface area contributed by atoms with Gasteiger partial charge in [-0.3, -0.25) is 9.59 Å². The largest absolute Gasteiger partial charge is 0.494 e. The molecule has 148 valence electrons. The van der Waals surface area contributed by atoms with E-state index in [4.69, 9.17) is 4.74 Å². The number of benzene rings is 1. The topological polar surface area (TPSA) is 77.3 Å². The minimum Gasteiger partial charge on any atom is -0.494 e. The first-order valence-electron chi connectivity index (χ1n) is 9.51. The molecule has 0 unspecified atom stereocenters. The van der Waals surface area contributed by atoms with E-state index in [1.54, 1.807) is 16.6 Å². The molecule has 0 fully saturated rings. The molecule has 0 saturated heterocycles. The number of amides is 1. The molecule has 2 heterocycles. The van der Waals surface area contributed by atoms with Crippen LogP contribution >= 0.6 is 11.8 Å². The van der Waals surface area contributed by atoms with Crippen molar-refractivity contribution in [3.63, 3.8) is 0 Å². The second-order valence-electron chi connectivity index (χ2n) is 6.14. The van der Waals surface area contributed by atoms with Crippen LogP contribution in [0.15, 0.2) is 34.3 Å².